The van der Waals surface area contributed by atoms with E-state index in [2.05, 4.69) is 15.3 Å². The molecule has 0 saturated carbocycles. The first kappa shape index (κ1) is 25.9. The maximum atomic E-state index is 14.4. The van der Waals surface area contributed by atoms with Gasteiger partial charge in [-0.05, 0) is 72.5 Å². The van der Waals surface area contributed by atoms with Crippen molar-refractivity contribution < 1.29 is 14.0 Å². The zero-order chi connectivity index (χ0) is 28.8. The Morgan fingerprint density at radius 1 is 0.976 bits per heavy atom. The number of hydrogen-bond donors (Lipinski definition) is 2. The molecule has 4 heterocycles. The van der Waals surface area contributed by atoms with E-state index in [0.717, 1.165) is 43.9 Å². The van der Waals surface area contributed by atoms with Gasteiger partial charge in [0.2, 0.25) is 0 Å². The zero-order valence-electron chi connectivity index (χ0n) is 22.6. The summed E-state index contributed by atoms with van der Waals surface area (Å²) in [4.78, 5) is 37.8. The second-order valence-corrected chi connectivity index (χ2v) is 11.3. The molecule has 7 rings (SSSR count). The molecule has 0 atom stereocenters. The summed E-state index contributed by atoms with van der Waals surface area (Å²) in [6.07, 6.45) is 4.27. The van der Waals surface area contributed by atoms with Crippen LogP contribution in [-0.2, 0) is 6.42 Å². The molecule has 3 aromatic carbocycles. The van der Waals surface area contributed by atoms with Gasteiger partial charge in [-0.3, -0.25) is 9.59 Å². The van der Waals surface area contributed by atoms with Crippen LogP contribution in [0.1, 0.15) is 31.2 Å². The monoisotopic (exact) mass is 572 g/mol. The number of aryl methyl sites for hydroxylation is 1. The van der Waals surface area contributed by atoms with Gasteiger partial charge in [0.25, 0.3) is 11.8 Å². The van der Waals surface area contributed by atoms with Gasteiger partial charge in [0.05, 0.1) is 16.3 Å². The molecule has 2 amide bonds. The predicted molar refractivity (Wildman–Crippen MR) is 166 cm³/mol. The second-order valence-electron chi connectivity index (χ2n) is 10.3. The zero-order valence-corrected chi connectivity index (χ0v) is 23.5. The van der Waals surface area contributed by atoms with Crippen molar-refractivity contribution >= 4 is 45.6 Å². The molecule has 0 spiro atoms. The lowest BCUT2D eigenvalue weighted by atomic mass is 10.0. The number of anilines is 2. The molecular weight excluding hydrogens is 547 g/mol. The van der Waals surface area contributed by atoms with Gasteiger partial charge < -0.3 is 15.2 Å². The molecule has 0 saturated heterocycles. The maximum absolute atomic E-state index is 14.4. The number of benzene rings is 3. The number of amides is 2. The first-order chi connectivity index (χ1) is 20.5. The first-order valence-electron chi connectivity index (χ1n) is 13.6. The lowest BCUT2D eigenvalue weighted by Crippen LogP contribution is -2.32. The van der Waals surface area contributed by atoms with Gasteiger partial charge in [-0.15, -0.1) is 11.3 Å². The smallest absolute Gasteiger partial charge is 0.265 e. The Kier molecular flexibility index (Phi) is 6.40. The molecule has 6 aromatic rings. The Labute approximate surface area is 245 Å². The summed E-state index contributed by atoms with van der Waals surface area (Å²) in [6, 6.07) is 25.9. The summed E-state index contributed by atoms with van der Waals surface area (Å²) < 4.78 is 14.4. The van der Waals surface area contributed by atoms with Crippen molar-refractivity contribution in [2.45, 2.75) is 13.3 Å². The van der Waals surface area contributed by atoms with Gasteiger partial charge in [-0.25, -0.2) is 9.37 Å². The molecule has 0 bridgehead atoms. The van der Waals surface area contributed by atoms with E-state index in [4.69, 9.17) is 0 Å². The molecule has 3 aromatic heterocycles. The van der Waals surface area contributed by atoms with Crippen molar-refractivity contribution in [2.24, 2.45) is 0 Å². The minimum atomic E-state index is -0.465. The molecule has 0 fully saturated rings. The molecule has 1 aliphatic heterocycles. The SMILES string of the molecule is Cc1cccc(F)c1NC(=O)c1cc2c(s1)-c1ccccc1N(C(=O)c1ccc(-c3c[nH]c4ncccc34)cc1)CC2. The molecule has 0 radical (unpaired) electrons. The fraction of sp³-hybridized carbons (Fsp3) is 0.0882. The number of nitrogens with one attached hydrogen (secondary N) is 2. The number of pyridine rings is 1. The van der Waals surface area contributed by atoms with Gasteiger partial charge in [-0.2, -0.15) is 0 Å². The summed E-state index contributed by atoms with van der Waals surface area (Å²) in [7, 11) is 0. The van der Waals surface area contributed by atoms with Gasteiger partial charge in [-0.1, -0.05) is 42.5 Å². The van der Waals surface area contributed by atoms with E-state index in [0.29, 0.717) is 29.0 Å². The molecule has 2 N–H and O–H groups in total. The molecule has 42 heavy (non-hydrogen) atoms. The summed E-state index contributed by atoms with van der Waals surface area (Å²) >= 11 is 1.36. The van der Waals surface area contributed by atoms with Crippen LogP contribution in [0.2, 0.25) is 0 Å². The van der Waals surface area contributed by atoms with Crippen LogP contribution in [0.3, 0.4) is 0 Å². The van der Waals surface area contributed by atoms with Crippen LogP contribution in [0, 0.1) is 12.7 Å². The van der Waals surface area contributed by atoms with E-state index in [1.54, 1.807) is 25.3 Å². The van der Waals surface area contributed by atoms with E-state index in [9.17, 15) is 14.0 Å². The third-order valence-corrected chi connectivity index (χ3v) is 8.89. The maximum Gasteiger partial charge on any atom is 0.265 e. The first-order valence-corrected chi connectivity index (χ1v) is 14.4. The van der Waals surface area contributed by atoms with Crippen molar-refractivity contribution in [3.63, 3.8) is 0 Å². The fourth-order valence-electron chi connectivity index (χ4n) is 5.53. The number of para-hydroxylation sites is 2. The van der Waals surface area contributed by atoms with Gasteiger partial charge in [0.1, 0.15) is 11.5 Å². The number of fused-ring (bicyclic) bond motifs is 4. The Morgan fingerprint density at radius 3 is 2.64 bits per heavy atom. The van der Waals surface area contributed by atoms with Crippen LogP contribution >= 0.6 is 11.3 Å². The fourth-order valence-corrected chi connectivity index (χ4v) is 6.67. The molecule has 6 nitrogen and oxygen atoms in total. The topological polar surface area (TPSA) is 78.1 Å². The van der Waals surface area contributed by atoms with Crippen molar-refractivity contribution in [2.75, 3.05) is 16.8 Å². The summed E-state index contributed by atoms with van der Waals surface area (Å²) in [5, 5.41) is 3.77. The Morgan fingerprint density at radius 2 is 1.81 bits per heavy atom. The highest BCUT2D eigenvalue weighted by atomic mass is 32.1. The number of nitrogens with zero attached hydrogens (tertiary/aromatic N) is 2. The molecule has 0 aliphatic carbocycles. The minimum Gasteiger partial charge on any atom is -0.346 e. The van der Waals surface area contributed by atoms with Crippen molar-refractivity contribution in [3.05, 3.63) is 125 Å². The van der Waals surface area contributed by atoms with Crippen molar-refractivity contribution in [1.82, 2.24) is 9.97 Å². The van der Waals surface area contributed by atoms with Crippen LogP contribution in [0.5, 0.6) is 0 Å². The third-order valence-electron chi connectivity index (χ3n) is 7.68. The van der Waals surface area contributed by atoms with Gasteiger partial charge >= 0.3 is 0 Å². The third kappa shape index (κ3) is 4.46. The highest BCUT2D eigenvalue weighted by Gasteiger charge is 2.28. The standard InChI is InChI=1S/C34H25FN4O2S/c1-20-6-4-9-27(35)30(20)38-33(40)29-18-23-15-17-39(28-10-3-2-7-25(28)31(23)42-29)34(41)22-13-11-21(12-14-22)26-19-37-32-24(26)8-5-16-36-32/h2-14,16,18-19H,15,17H2,1H3,(H,36,37)(H,38,40). The Hall–Kier alpha value is -5.08. The number of hydrogen-bond acceptors (Lipinski definition) is 4. The minimum absolute atomic E-state index is 0.0854. The summed E-state index contributed by atoms with van der Waals surface area (Å²) in [5.41, 5.74) is 6.98. The number of aromatic nitrogens is 2. The van der Waals surface area contributed by atoms with Crippen LogP contribution in [-0.4, -0.2) is 28.3 Å². The number of carbonyl (C=O) groups is 2. The largest absolute Gasteiger partial charge is 0.346 e. The number of H-pyrrole nitrogens is 1. The van der Waals surface area contributed by atoms with Crippen molar-refractivity contribution in [1.29, 1.82) is 0 Å². The van der Waals surface area contributed by atoms with E-state index in [-0.39, 0.29) is 17.5 Å². The second kappa shape index (κ2) is 10.4. The summed E-state index contributed by atoms with van der Waals surface area (Å²) in [5.74, 6) is -0.900. The average molecular weight is 573 g/mol. The van der Waals surface area contributed by atoms with E-state index in [1.165, 1.54) is 17.4 Å². The van der Waals surface area contributed by atoms with E-state index >= 15 is 0 Å². The number of halogens is 1. The molecule has 8 heteroatoms. The van der Waals surface area contributed by atoms with Crippen LogP contribution in [0.25, 0.3) is 32.6 Å². The van der Waals surface area contributed by atoms with Crippen LogP contribution in [0.15, 0.2) is 97.3 Å². The van der Waals surface area contributed by atoms with Crippen LogP contribution in [0.4, 0.5) is 15.8 Å². The lowest BCUT2D eigenvalue weighted by Gasteiger charge is -2.23. The number of carbonyl (C=O) groups excluding carboxylic acids is 2. The molecular formula is C34H25FN4O2S. The quantitative estimate of drug-likeness (QED) is 0.226. The summed E-state index contributed by atoms with van der Waals surface area (Å²) in [6.45, 7) is 2.22. The van der Waals surface area contributed by atoms with Gasteiger partial charge in [0.15, 0.2) is 0 Å². The Bertz CT molecular complexity index is 1970. The highest BCUT2D eigenvalue weighted by molar-refractivity contribution is 7.17. The predicted octanol–water partition coefficient (Wildman–Crippen LogP) is 7.86. The number of thiophene rings is 1. The van der Waals surface area contributed by atoms with Crippen molar-refractivity contribution in [3.8, 4) is 21.6 Å². The normalized spacial score (nSPS) is 12.5. The highest BCUT2D eigenvalue weighted by Crippen LogP contribution is 2.42. The van der Waals surface area contributed by atoms with E-state index < -0.39 is 5.82 Å². The average Bonchev–Trinajstić information content (AvgIpc) is 3.61. The number of rotatable bonds is 4. The number of aromatic amines is 1. The van der Waals surface area contributed by atoms with E-state index in [1.807, 2.05) is 77.8 Å². The van der Waals surface area contributed by atoms with Gasteiger partial charge in [0, 0.05) is 45.9 Å². The molecule has 0 unspecified atom stereocenters. The Balaban J connectivity index is 1.17. The van der Waals surface area contributed by atoms with Crippen LogP contribution < -0.4 is 10.2 Å². The lowest BCUT2D eigenvalue weighted by molar-refractivity contribution is 0.0985. The molecule has 206 valence electrons. The molecule has 1 aliphatic rings.